The van der Waals surface area contributed by atoms with Gasteiger partial charge in [-0.05, 0) is 35.9 Å². The lowest BCUT2D eigenvalue weighted by Gasteiger charge is -2.11. The van der Waals surface area contributed by atoms with E-state index in [4.69, 9.17) is 16.3 Å². The minimum atomic E-state index is -1.18. The third-order valence-electron chi connectivity index (χ3n) is 3.36. The van der Waals surface area contributed by atoms with Crippen LogP contribution in [-0.2, 0) is 17.8 Å². The van der Waals surface area contributed by atoms with Crippen LogP contribution in [0.1, 0.15) is 11.3 Å². The smallest absolute Gasteiger partial charge is 0.130 e. The molecule has 0 radical (unpaired) electrons. The highest BCUT2D eigenvalue weighted by Gasteiger charge is 2.12. The molecular formula is C18H12ClFNO3S-. The molecule has 0 saturated carbocycles. The Morgan fingerprint density at radius 1 is 1.24 bits per heavy atom. The average Bonchev–Trinajstić information content (AvgIpc) is 3.02. The molecule has 0 bridgehead atoms. The number of aliphatic carboxylic acids is 1. The zero-order valence-corrected chi connectivity index (χ0v) is 14.4. The summed E-state index contributed by atoms with van der Waals surface area (Å²) in [4.78, 5) is 15.0. The van der Waals surface area contributed by atoms with Crippen LogP contribution < -0.4 is 9.84 Å². The third kappa shape index (κ3) is 4.55. The highest BCUT2D eigenvalue weighted by Crippen LogP contribution is 2.35. The molecule has 3 aromatic rings. The molecule has 2 aromatic carbocycles. The predicted molar refractivity (Wildman–Crippen MR) is 92.0 cm³/mol. The molecule has 0 unspecified atom stereocenters. The van der Waals surface area contributed by atoms with Crippen molar-refractivity contribution in [2.24, 2.45) is 0 Å². The number of nitrogens with zero attached hydrogens (tertiary/aromatic N) is 1. The molecule has 128 valence electrons. The van der Waals surface area contributed by atoms with Crippen molar-refractivity contribution in [2.75, 3.05) is 0 Å². The third-order valence-corrected chi connectivity index (χ3v) is 4.52. The molecule has 4 nitrogen and oxygen atoms in total. The normalized spacial score (nSPS) is 10.6. The van der Waals surface area contributed by atoms with E-state index in [1.807, 2.05) is 0 Å². The van der Waals surface area contributed by atoms with Gasteiger partial charge in [-0.1, -0.05) is 23.7 Å². The first-order valence-corrected chi connectivity index (χ1v) is 8.58. The molecule has 1 heterocycles. The van der Waals surface area contributed by atoms with Crippen LogP contribution in [0.5, 0.6) is 5.75 Å². The second-order valence-electron chi connectivity index (χ2n) is 5.25. The van der Waals surface area contributed by atoms with Crippen molar-refractivity contribution in [3.05, 3.63) is 69.9 Å². The number of carbonyl (C=O) groups is 1. The number of benzene rings is 2. The van der Waals surface area contributed by atoms with Gasteiger partial charge in [0.2, 0.25) is 0 Å². The van der Waals surface area contributed by atoms with Gasteiger partial charge in [-0.2, -0.15) is 0 Å². The minimum absolute atomic E-state index is 0.247. The standard InChI is InChI=1S/C18H13ClFNO3S/c19-12-3-6-16(24-9-11-1-4-13(20)5-2-11)15(7-12)18-21-14(10-25-18)8-17(22)23/h1-7,10H,8-9H2,(H,22,23)/p-1. The monoisotopic (exact) mass is 376 g/mol. The first-order chi connectivity index (χ1) is 12.0. The van der Waals surface area contributed by atoms with E-state index in [1.165, 1.54) is 23.5 Å². The number of carboxylic acid groups (broad SMARTS) is 1. The van der Waals surface area contributed by atoms with Crippen LogP contribution >= 0.6 is 22.9 Å². The number of hydrogen-bond acceptors (Lipinski definition) is 5. The average molecular weight is 377 g/mol. The SMILES string of the molecule is O=C([O-])Cc1csc(-c2cc(Cl)ccc2OCc2ccc(F)cc2)n1. The molecule has 3 rings (SSSR count). The molecule has 1 aromatic heterocycles. The first-order valence-electron chi connectivity index (χ1n) is 7.32. The molecule has 0 fully saturated rings. The fourth-order valence-electron chi connectivity index (χ4n) is 2.20. The second-order valence-corrected chi connectivity index (χ2v) is 6.54. The molecule has 0 aliphatic carbocycles. The van der Waals surface area contributed by atoms with E-state index in [0.29, 0.717) is 27.0 Å². The first kappa shape index (κ1) is 17.4. The van der Waals surface area contributed by atoms with Crippen LogP contribution in [0.25, 0.3) is 10.6 Å². The van der Waals surface area contributed by atoms with Crippen molar-refractivity contribution in [1.82, 2.24) is 4.98 Å². The molecule has 0 aliphatic rings. The molecule has 7 heteroatoms. The van der Waals surface area contributed by atoms with Gasteiger partial charge in [0, 0.05) is 22.8 Å². The minimum Gasteiger partial charge on any atom is -0.550 e. The van der Waals surface area contributed by atoms with Crippen LogP contribution in [0, 0.1) is 5.82 Å². The molecule has 0 saturated heterocycles. The van der Waals surface area contributed by atoms with Crippen molar-refractivity contribution in [1.29, 1.82) is 0 Å². The van der Waals surface area contributed by atoms with E-state index in [-0.39, 0.29) is 18.8 Å². The summed E-state index contributed by atoms with van der Waals surface area (Å²) in [6.07, 6.45) is -0.247. The number of aromatic nitrogens is 1. The zero-order chi connectivity index (χ0) is 17.8. The van der Waals surface area contributed by atoms with Gasteiger partial charge < -0.3 is 14.6 Å². The Labute approximate surface area is 152 Å². The van der Waals surface area contributed by atoms with Crippen LogP contribution in [-0.4, -0.2) is 11.0 Å². The molecule has 0 N–H and O–H groups in total. The molecule has 0 spiro atoms. The number of carbonyl (C=O) groups excluding carboxylic acids is 1. The Morgan fingerprint density at radius 2 is 2.00 bits per heavy atom. The van der Waals surface area contributed by atoms with E-state index < -0.39 is 5.97 Å². The van der Waals surface area contributed by atoms with Crippen LogP contribution in [0.4, 0.5) is 4.39 Å². The number of ether oxygens (including phenoxy) is 1. The highest BCUT2D eigenvalue weighted by atomic mass is 35.5. The van der Waals surface area contributed by atoms with Gasteiger partial charge in [0.25, 0.3) is 0 Å². The lowest BCUT2D eigenvalue weighted by molar-refractivity contribution is -0.304. The highest BCUT2D eigenvalue weighted by molar-refractivity contribution is 7.13. The van der Waals surface area contributed by atoms with Gasteiger partial charge in [0.1, 0.15) is 23.2 Å². The van der Waals surface area contributed by atoms with E-state index in [9.17, 15) is 14.3 Å². The number of halogens is 2. The van der Waals surface area contributed by atoms with Gasteiger partial charge in [-0.3, -0.25) is 0 Å². The van der Waals surface area contributed by atoms with Crippen LogP contribution in [0.3, 0.4) is 0 Å². The van der Waals surface area contributed by atoms with Crippen molar-refractivity contribution < 1.29 is 19.0 Å². The maximum absolute atomic E-state index is 13.0. The van der Waals surface area contributed by atoms with Crippen molar-refractivity contribution in [3.63, 3.8) is 0 Å². The number of carboxylic acids is 1. The Hall–Kier alpha value is -2.44. The van der Waals surface area contributed by atoms with Crippen LogP contribution in [0.15, 0.2) is 47.8 Å². The van der Waals surface area contributed by atoms with Gasteiger partial charge in [-0.15, -0.1) is 11.3 Å². The van der Waals surface area contributed by atoms with Crippen molar-refractivity contribution in [3.8, 4) is 16.3 Å². The van der Waals surface area contributed by atoms with Gasteiger partial charge in [0.15, 0.2) is 0 Å². The van der Waals surface area contributed by atoms with Gasteiger partial charge in [-0.25, -0.2) is 9.37 Å². The van der Waals surface area contributed by atoms with E-state index in [1.54, 1.807) is 35.7 Å². The summed E-state index contributed by atoms with van der Waals surface area (Å²) < 4.78 is 18.8. The summed E-state index contributed by atoms with van der Waals surface area (Å²) in [5, 5.41) is 13.5. The predicted octanol–water partition coefficient (Wildman–Crippen LogP) is 3.47. The zero-order valence-electron chi connectivity index (χ0n) is 12.9. The second kappa shape index (κ2) is 7.63. The topological polar surface area (TPSA) is 62.2 Å². The molecule has 25 heavy (non-hydrogen) atoms. The Bertz CT molecular complexity index is 896. The number of rotatable bonds is 6. The maximum atomic E-state index is 13.0. The van der Waals surface area contributed by atoms with E-state index >= 15 is 0 Å². The van der Waals surface area contributed by atoms with Gasteiger partial charge >= 0.3 is 0 Å². The number of hydrogen-bond donors (Lipinski definition) is 0. The molecular weight excluding hydrogens is 365 g/mol. The van der Waals surface area contributed by atoms with Crippen LogP contribution in [0.2, 0.25) is 5.02 Å². The summed E-state index contributed by atoms with van der Waals surface area (Å²) in [6.45, 7) is 0.256. The summed E-state index contributed by atoms with van der Waals surface area (Å²) in [5.74, 6) is -0.932. The fourth-order valence-corrected chi connectivity index (χ4v) is 3.21. The Morgan fingerprint density at radius 3 is 2.72 bits per heavy atom. The summed E-state index contributed by atoms with van der Waals surface area (Å²) in [7, 11) is 0. The summed E-state index contributed by atoms with van der Waals surface area (Å²) >= 11 is 7.37. The molecule has 0 aliphatic heterocycles. The summed E-state index contributed by atoms with van der Waals surface area (Å²) in [6, 6.07) is 11.2. The lowest BCUT2D eigenvalue weighted by atomic mass is 10.2. The lowest BCUT2D eigenvalue weighted by Crippen LogP contribution is -2.24. The molecule has 0 amide bonds. The number of thiazole rings is 1. The van der Waals surface area contributed by atoms with Gasteiger partial charge in [0.05, 0.1) is 11.3 Å². The van der Waals surface area contributed by atoms with Crippen molar-refractivity contribution >= 4 is 28.9 Å². The largest absolute Gasteiger partial charge is 0.550 e. The van der Waals surface area contributed by atoms with Crippen molar-refractivity contribution in [2.45, 2.75) is 13.0 Å². The Kier molecular flexibility index (Phi) is 5.31. The molecule has 0 atom stereocenters. The van der Waals surface area contributed by atoms with E-state index in [0.717, 1.165) is 5.56 Å². The fraction of sp³-hybridized carbons (Fsp3) is 0.111. The summed E-state index contributed by atoms with van der Waals surface area (Å²) in [5.41, 5.74) is 1.91. The van der Waals surface area contributed by atoms with E-state index in [2.05, 4.69) is 4.98 Å². The maximum Gasteiger partial charge on any atom is 0.130 e. The Balaban J connectivity index is 1.83. The quantitative estimate of drug-likeness (QED) is 0.660.